The van der Waals surface area contributed by atoms with Crippen molar-refractivity contribution in [1.29, 1.82) is 0 Å². The molecule has 2 atom stereocenters. The first-order valence-electron chi connectivity index (χ1n) is 9.89. The average molecular weight is 439 g/mol. The van der Waals surface area contributed by atoms with Crippen LogP contribution in [0.25, 0.3) is 0 Å². The standard InChI is InChI=1S/C23H23ClN4O3/c1-30-21-6-5-18(12-22(21)31-14-15-7-9-25-10-8-15)26-23(29)20-13-19(27-28-20)16-3-2-4-17(24)11-16/h2-12,19-20,27-28H,13-14H2,1H3,(H,26,29). The van der Waals surface area contributed by atoms with Gasteiger partial charge in [-0.25, -0.2) is 10.9 Å². The zero-order valence-electron chi connectivity index (χ0n) is 17.0. The number of carbonyl (C=O) groups is 1. The third-order valence-electron chi connectivity index (χ3n) is 5.05. The molecule has 4 rings (SSSR count). The Bertz CT molecular complexity index is 1050. The van der Waals surface area contributed by atoms with E-state index in [0.717, 1.165) is 11.1 Å². The Balaban J connectivity index is 1.40. The van der Waals surface area contributed by atoms with Gasteiger partial charge < -0.3 is 14.8 Å². The molecule has 1 aliphatic heterocycles. The third-order valence-corrected chi connectivity index (χ3v) is 5.28. The summed E-state index contributed by atoms with van der Waals surface area (Å²) in [5, 5.41) is 3.62. The van der Waals surface area contributed by atoms with Crippen molar-refractivity contribution in [3.8, 4) is 11.5 Å². The molecule has 3 aromatic rings. The highest BCUT2D eigenvalue weighted by Gasteiger charge is 2.30. The largest absolute Gasteiger partial charge is 0.493 e. The van der Waals surface area contributed by atoms with Crippen LogP contribution in [0, 0.1) is 0 Å². The topological polar surface area (TPSA) is 84.5 Å². The Morgan fingerprint density at radius 1 is 1.13 bits per heavy atom. The molecule has 31 heavy (non-hydrogen) atoms. The zero-order chi connectivity index (χ0) is 21.6. The van der Waals surface area contributed by atoms with Gasteiger partial charge in [-0.15, -0.1) is 0 Å². The van der Waals surface area contributed by atoms with Gasteiger partial charge in [0.1, 0.15) is 12.6 Å². The van der Waals surface area contributed by atoms with Gasteiger partial charge in [-0.05, 0) is 53.9 Å². The lowest BCUT2D eigenvalue weighted by atomic mass is 10.0. The van der Waals surface area contributed by atoms with Gasteiger partial charge >= 0.3 is 0 Å². The number of aromatic nitrogens is 1. The lowest BCUT2D eigenvalue weighted by molar-refractivity contribution is -0.117. The Kier molecular flexibility index (Phi) is 6.66. The van der Waals surface area contributed by atoms with Crippen molar-refractivity contribution in [2.24, 2.45) is 0 Å². The normalized spacial score (nSPS) is 17.9. The molecule has 2 aromatic carbocycles. The number of methoxy groups -OCH3 is 1. The number of carbonyl (C=O) groups excluding carboxylic acids is 1. The van der Waals surface area contributed by atoms with E-state index < -0.39 is 0 Å². The number of hydrazine groups is 1. The zero-order valence-corrected chi connectivity index (χ0v) is 17.7. The molecule has 0 saturated carbocycles. The van der Waals surface area contributed by atoms with E-state index in [4.69, 9.17) is 21.1 Å². The van der Waals surface area contributed by atoms with Crippen molar-refractivity contribution in [2.45, 2.75) is 25.1 Å². The number of pyridine rings is 1. The Hall–Kier alpha value is -3.13. The lowest BCUT2D eigenvalue weighted by Gasteiger charge is -2.14. The van der Waals surface area contributed by atoms with Gasteiger partial charge in [0.05, 0.1) is 7.11 Å². The van der Waals surface area contributed by atoms with E-state index in [1.54, 1.807) is 37.7 Å². The van der Waals surface area contributed by atoms with Gasteiger partial charge in [-0.2, -0.15) is 0 Å². The Morgan fingerprint density at radius 3 is 2.74 bits per heavy atom. The molecule has 160 valence electrons. The minimum Gasteiger partial charge on any atom is -0.493 e. The summed E-state index contributed by atoms with van der Waals surface area (Å²) in [5.41, 5.74) is 8.88. The molecule has 8 heteroatoms. The van der Waals surface area contributed by atoms with Gasteiger partial charge in [0.2, 0.25) is 5.91 Å². The minimum atomic E-state index is -0.382. The fraction of sp³-hybridized carbons (Fsp3) is 0.217. The van der Waals surface area contributed by atoms with Crippen LogP contribution in [0.5, 0.6) is 11.5 Å². The van der Waals surface area contributed by atoms with Crippen LogP contribution in [0.3, 0.4) is 0 Å². The van der Waals surface area contributed by atoms with Gasteiger partial charge in [0.15, 0.2) is 11.5 Å². The summed E-state index contributed by atoms with van der Waals surface area (Å²) in [4.78, 5) is 16.8. The van der Waals surface area contributed by atoms with Crippen molar-refractivity contribution in [3.63, 3.8) is 0 Å². The molecule has 0 radical (unpaired) electrons. The molecule has 0 aliphatic carbocycles. The summed E-state index contributed by atoms with van der Waals surface area (Å²) in [6.07, 6.45) is 4.03. The van der Waals surface area contributed by atoms with Gasteiger partial charge in [0, 0.05) is 35.2 Å². The van der Waals surface area contributed by atoms with Crippen molar-refractivity contribution in [1.82, 2.24) is 15.8 Å². The molecule has 1 aromatic heterocycles. The number of benzene rings is 2. The smallest absolute Gasteiger partial charge is 0.242 e. The van der Waals surface area contributed by atoms with Crippen LogP contribution in [-0.2, 0) is 11.4 Å². The number of rotatable bonds is 7. The molecule has 2 heterocycles. The first-order chi connectivity index (χ1) is 15.1. The fourth-order valence-electron chi connectivity index (χ4n) is 3.41. The number of halogens is 1. The summed E-state index contributed by atoms with van der Waals surface area (Å²) in [6, 6.07) is 16.3. The van der Waals surface area contributed by atoms with Crippen LogP contribution < -0.4 is 25.6 Å². The summed E-state index contributed by atoms with van der Waals surface area (Å²) >= 11 is 6.08. The van der Waals surface area contributed by atoms with E-state index in [0.29, 0.717) is 35.2 Å². The van der Waals surface area contributed by atoms with E-state index in [2.05, 4.69) is 21.2 Å². The SMILES string of the molecule is COc1ccc(NC(=O)C2CC(c3cccc(Cl)c3)NN2)cc1OCc1ccncc1. The highest BCUT2D eigenvalue weighted by Crippen LogP contribution is 2.31. The predicted octanol–water partition coefficient (Wildman–Crippen LogP) is 3.87. The maximum absolute atomic E-state index is 12.8. The van der Waals surface area contributed by atoms with Crippen molar-refractivity contribution >= 4 is 23.2 Å². The van der Waals surface area contributed by atoms with E-state index in [1.807, 2.05) is 36.4 Å². The number of ether oxygens (including phenoxy) is 2. The summed E-state index contributed by atoms with van der Waals surface area (Å²) in [6.45, 7) is 0.367. The van der Waals surface area contributed by atoms with Crippen LogP contribution in [0.1, 0.15) is 23.6 Å². The molecule has 1 fully saturated rings. The van der Waals surface area contributed by atoms with Crippen LogP contribution >= 0.6 is 11.6 Å². The second kappa shape index (κ2) is 9.78. The van der Waals surface area contributed by atoms with Crippen molar-refractivity contribution in [3.05, 3.63) is 83.1 Å². The number of hydrogen-bond donors (Lipinski definition) is 3. The number of hydrogen-bond acceptors (Lipinski definition) is 6. The second-order valence-corrected chi connectivity index (χ2v) is 7.62. The number of amides is 1. The van der Waals surface area contributed by atoms with Crippen LogP contribution in [0.15, 0.2) is 67.0 Å². The third kappa shape index (κ3) is 5.32. The van der Waals surface area contributed by atoms with Crippen LogP contribution in [0.2, 0.25) is 5.02 Å². The predicted molar refractivity (Wildman–Crippen MR) is 119 cm³/mol. The monoisotopic (exact) mass is 438 g/mol. The van der Waals surface area contributed by atoms with Gasteiger partial charge in [-0.1, -0.05) is 23.7 Å². The van der Waals surface area contributed by atoms with Crippen LogP contribution in [-0.4, -0.2) is 24.0 Å². The highest BCUT2D eigenvalue weighted by atomic mass is 35.5. The molecule has 2 unspecified atom stereocenters. The maximum atomic E-state index is 12.8. The van der Waals surface area contributed by atoms with Crippen LogP contribution in [0.4, 0.5) is 5.69 Å². The van der Waals surface area contributed by atoms with E-state index in [-0.39, 0.29) is 18.0 Å². The summed E-state index contributed by atoms with van der Waals surface area (Å²) in [5.74, 6) is 1.00. The van der Waals surface area contributed by atoms with Crippen molar-refractivity contribution < 1.29 is 14.3 Å². The first kappa shape index (κ1) is 21.1. The molecule has 1 amide bonds. The quantitative estimate of drug-likeness (QED) is 0.519. The molecule has 0 bridgehead atoms. The lowest BCUT2D eigenvalue weighted by Crippen LogP contribution is -2.39. The number of anilines is 1. The highest BCUT2D eigenvalue weighted by molar-refractivity contribution is 6.30. The van der Waals surface area contributed by atoms with Gasteiger partial charge in [-0.3, -0.25) is 9.78 Å². The minimum absolute atomic E-state index is 0.00424. The van der Waals surface area contributed by atoms with Gasteiger partial charge in [0.25, 0.3) is 0 Å². The molecule has 3 N–H and O–H groups in total. The maximum Gasteiger partial charge on any atom is 0.242 e. The molecular weight excluding hydrogens is 416 g/mol. The molecule has 1 saturated heterocycles. The van der Waals surface area contributed by atoms with E-state index >= 15 is 0 Å². The molecule has 7 nitrogen and oxygen atoms in total. The second-order valence-electron chi connectivity index (χ2n) is 7.18. The number of nitrogens with zero attached hydrogens (tertiary/aromatic N) is 1. The van der Waals surface area contributed by atoms with E-state index in [9.17, 15) is 4.79 Å². The molecular formula is C23H23ClN4O3. The first-order valence-corrected chi connectivity index (χ1v) is 10.3. The number of nitrogens with one attached hydrogen (secondary N) is 3. The Morgan fingerprint density at radius 2 is 1.97 bits per heavy atom. The van der Waals surface area contributed by atoms with Crippen molar-refractivity contribution in [2.75, 3.05) is 12.4 Å². The Labute approximate surface area is 185 Å². The summed E-state index contributed by atoms with van der Waals surface area (Å²) < 4.78 is 11.3. The fourth-order valence-corrected chi connectivity index (χ4v) is 3.61. The molecule has 0 spiro atoms. The average Bonchev–Trinajstić information content (AvgIpc) is 3.29. The molecule has 1 aliphatic rings. The van der Waals surface area contributed by atoms with E-state index in [1.165, 1.54) is 0 Å². The summed E-state index contributed by atoms with van der Waals surface area (Å²) in [7, 11) is 1.58.